The van der Waals surface area contributed by atoms with Crippen molar-refractivity contribution in [1.29, 1.82) is 0 Å². The molecule has 0 aromatic heterocycles. The second-order valence-corrected chi connectivity index (χ2v) is 3.24. The number of Topliss-reactive ketones (excluding diaryl/α,β-unsaturated/α-hetero) is 1. The van der Waals surface area contributed by atoms with Crippen LogP contribution in [-0.2, 0) is 9.53 Å². The number of hydrogen-bond acceptors (Lipinski definition) is 2. The van der Waals surface area contributed by atoms with Crippen LogP contribution in [0.2, 0.25) is 0 Å². The summed E-state index contributed by atoms with van der Waals surface area (Å²) in [6.07, 6.45) is 5.72. The van der Waals surface area contributed by atoms with Gasteiger partial charge in [0, 0.05) is 12.3 Å². The summed E-state index contributed by atoms with van der Waals surface area (Å²) in [6, 6.07) is 0. The van der Waals surface area contributed by atoms with Crippen LogP contribution >= 0.6 is 0 Å². The smallest absolute Gasteiger partial charge is 0.138 e. The third kappa shape index (κ3) is 2.78. The van der Waals surface area contributed by atoms with Gasteiger partial charge in [-0.3, -0.25) is 4.79 Å². The lowest BCUT2D eigenvalue weighted by atomic mass is 9.89. The van der Waals surface area contributed by atoms with Crippen molar-refractivity contribution in [2.45, 2.75) is 25.7 Å². The van der Waals surface area contributed by atoms with Crippen LogP contribution in [0.1, 0.15) is 25.7 Å². The monoisotopic (exact) mass is 168 g/mol. The molecule has 1 aliphatic rings. The van der Waals surface area contributed by atoms with Crippen molar-refractivity contribution in [3.8, 4) is 0 Å². The number of ketones is 1. The molecule has 0 spiro atoms. The van der Waals surface area contributed by atoms with E-state index in [1.165, 1.54) is 6.42 Å². The molecule has 2 nitrogen and oxygen atoms in total. The van der Waals surface area contributed by atoms with Crippen LogP contribution in [0, 0.1) is 5.92 Å². The van der Waals surface area contributed by atoms with Crippen molar-refractivity contribution < 1.29 is 9.53 Å². The van der Waals surface area contributed by atoms with Gasteiger partial charge in [-0.1, -0.05) is 12.5 Å². The molecule has 1 rings (SSSR count). The Bertz CT molecular complexity index is 163. The molecule has 1 aliphatic carbocycles. The molecule has 68 valence electrons. The zero-order chi connectivity index (χ0) is 8.81. The molecule has 2 heteroatoms. The minimum absolute atomic E-state index is 0.165. The lowest BCUT2D eigenvalue weighted by Crippen LogP contribution is -2.23. The Hall–Kier alpha value is -0.630. The van der Waals surface area contributed by atoms with Gasteiger partial charge in [0.25, 0.3) is 0 Å². The predicted octanol–water partition coefficient (Wildman–Crippen LogP) is 1.95. The van der Waals surface area contributed by atoms with E-state index < -0.39 is 0 Å². The standard InChI is InChI=1S/C10H16O2/c1-2-7-12-8-9-5-3-4-6-10(9)11/h2,9H,1,3-8H2/t9-/m0/s1. The maximum atomic E-state index is 11.3. The largest absolute Gasteiger partial charge is 0.377 e. The van der Waals surface area contributed by atoms with Crippen LogP contribution in [0.4, 0.5) is 0 Å². The van der Waals surface area contributed by atoms with E-state index in [-0.39, 0.29) is 5.92 Å². The second-order valence-electron chi connectivity index (χ2n) is 3.24. The van der Waals surface area contributed by atoms with Gasteiger partial charge in [0.05, 0.1) is 13.2 Å². The van der Waals surface area contributed by atoms with E-state index in [1.54, 1.807) is 6.08 Å². The first kappa shape index (κ1) is 9.46. The highest BCUT2D eigenvalue weighted by Gasteiger charge is 2.21. The van der Waals surface area contributed by atoms with Gasteiger partial charge in [-0.15, -0.1) is 6.58 Å². The molecule has 0 amide bonds. The Morgan fingerprint density at radius 3 is 3.08 bits per heavy atom. The van der Waals surface area contributed by atoms with Gasteiger partial charge in [0.15, 0.2) is 0 Å². The average molecular weight is 168 g/mol. The zero-order valence-electron chi connectivity index (χ0n) is 7.42. The van der Waals surface area contributed by atoms with Gasteiger partial charge in [0.2, 0.25) is 0 Å². The quantitative estimate of drug-likeness (QED) is 0.473. The maximum Gasteiger partial charge on any atom is 0.138 e. The number of carbonyl (C=O) groups excluding carboxylic acids is 1. The first-order chi connectivity index (χ1) is 5.84. The molecule has 0 aromatic carbocycles. The van der Waals surface area contributed by atoms with Gasteiger partial charge in [-0.05, 0) is 12.8 Å². The minimum Gasteiger partial charge on any atom is -0.377 e. The van der Waals surface area contributed by atoms with Crippen LogP contribution in [0.5, 0.6) is 0 Å². The SMILES string of the molecule is C=CCOC[C@@H]1CCCCC1=O. The summed E-state index contributed by atoms with van der Waals surface area (Å²) in [5, 5.41) is 0. The van der Waals surface area contributed by atoms with Gasteiger partial charge < -0.3 is 4.74 Å². The topological polar surface area (TPSA) is 26.3 Å². The van der Waals surface area contributed by atoms with E-state index in [0.717, 1.165) is 19.3 Å². The van der Waals surface area contributed by atoms with Gasteiger partial charge >= 0.3 is 0 Å². The fraction of sp³-hybridized carbons (Fsp3) is 0.700. The van der Waals surface area contributed by atoms with Crippen molar-refractivity contribution in [2.75, 3.05) is 13.2 Å². The minimum atomic E-state index is 0.165. The van der Waals surface area contributed by atoms with Crippen LogP contribution in [0.25, 0.3) is 0 Å². The van der Waals surface area contributed by atoms with Crippen LogP contribution in [-0.4, -0.2) is 19.0 Å². The summed E-state index contributed by atoms with van der Waals surface area (Å²) in [6.45, 7) is 4.70. The summed E-state index contributed by atoms with van der Waals surface area (Å²) >= 11 is 0. The highest BCUT2D eigenvalue weighted by atomic mass is 16.5. The molecule has 0 aliphatic heterocycles. The molecule has 0 heterocycles. The van der Waals surface area contributed by atoms with Crippen LogP contribution in [0.15, 0.2) is 12.7 Å². The summed E-state index contributed by atoms with van der Waals surface area (Å²) < 4.78 is 5.25. The van der Waals surface area contributed by atoms with Crippen LogP contribution in [0.3, 0.4) is 0 Å². The number of carbonyl (C=O) groups is 1. The van der Waals surface area contributed by atoms with Crippen molar-refractivity contribution in [1.82, 2.24) is 0 Å². The molecule has 0 radical (unpaired) electrons. The van der Waals surface area contributed by atoms with Gasteiger partial charge in [0.1, 0.15) is 5.78 Å². The average Bonchev–Trinajstić information content (AvgIpc) is 2.09. The number of ether oxygens (including phenoxy) is 1. The fourth-order valence-corrected chi connectivity index (χ4v) is 1.52. The van der Waals surface area contributed by atoms with E-state index in [2.05, 4.69) is 6.58 Å². The Labute approximate surface area is 73.6 Å². The predicted molar refractivity (Wildman–Crippen MR) is 48.0 cm³/mol. The number of rotatable bonds is 4. The highest BCUT2D eigenvalue weighted by Crippen LogP contribution is 2.20. The molecule has 0 saturated heterocycles. The molecule has 0 aromatic rings. The maximum absolute atomic E-state index is 11.3. The van der Waals surface area contributed by atoms with Crippen molar-refractivity contribution >= 4 is 5.78 Å². The first-order valence-electron chi connectivity index (χ1n) is 4.56. The normalized spacial score (nSPS) is 24.0. The Morgan fingerprint density at radius 1 is 1.58 bits per heavy atom. The third-order valence-electron chi connectivity index (χ3n) is 2.24. The molecule has 1 atom stereocenters. The Morgan fingerprint density at radius 2 is 2.42 bits per heavy atom. The molecule has 12 heavy (non-hydrogen) atoms. The third-order valence-corrected chi connectivity index (χ3v) is 2.24. The fourth-order valence-electron chi connectivity index (χ4n) is 1.52. The highest BCUT2D eigenvalue weighted by molar-refractivity contribution is 5.81. The molecule has 0 unspecified atom stereocenters. The van der Waals surface area contributed by atoms with E-state index in [4.69, 9.17) is 4.74 Å². The van der Waals surface area contributed by atoms with E-state index in [1.807, 2.05) is 0 Å². The molecule has 0 bridgehead atoms. The Kier molecular flexibility index (Phi) is 4.01. The second kappa shape index (κ2) is 5.09. The molecule has 1 saturated carbocycles. The van der Waals surface area contributed by atoms with E-state index in [0.29, 0.717) is 19.0 Å². The zero-order valence-corrected chi connectivity index (χ0v) is 7.42. The van der Waals surface area contributed by atoms with E-state index >= 15 is 0 Å². The van der Waals surface area contributed by atoms with Crippen molar-refractivity contribution in [2.24, 2.45) is 5.92 Å². The molecular weight excluding hydrogens is 152 g/mol. The van der Waals surface area contributed by atoms with Crippen LogP contribution < -0.4 is 0 Å². The van der Waals surface area contributed by atoms with E-state index in [9.17, 15) is 4.79 Å². The molecular formula is C10H16O2. The number of hydrogen-bond donors (Lipinski definition) is 0. The summed E-state index contributed by atoms with van der Waals surface area (Å²) in [7, 11) is 0. The molecule has 0 N–H and O–H groups in total. The first-order valence-corrected chi connectivity index (χ1v) is 4.56. The summed E-state index contributed by atoms with van der Waals surface area (Å²) in [5.41, 5.74) is 0. The summed E-state index contributed by atoms with van der Waals surface area (Å²) in [4.78, 5) is 11.3. The Balaban J connectivity index is 2.20. The summed E-state index contributed by atoms with van der Waals surface area (Å²) in [5.74, 6) is 0.545. The van der Waals surface area contributed by atoms with Crippen molar-refractivity contribution in [3.05, 3.63) is 12.7 Å². The van der Waals surface area contributed by atoms with Gasteiger partial charge in [-0.2, -0.15) is 0 Å². The lowest BCUT2D eigenvalue weighted by molar-refractivity contribution is -0.126. The van der Waals surface area contributed by atoms with Crippen molar-refractivity contribution in [3.63, 3.8) is 0 Å². The molecule has 1 fully saturated rings. The van der Waals surface area contributed by atoms with Gasteiger partial charge in [-0.25, -0.2) is 0 Å². The lowest BCUT2D eigenvalue weighted by Gasteiger charge is -2.19.